The molecule has 4 heteroatoms. The van der Waals surface area contributed by atoms with Gasteiger partial charge in [-0.2, -0.15) is 0 Å². The van der Waals surface area contributed by atoms with E-state index in [1.54, 1.807) is 19.9 Å². The van der Waals surface area contributed by atoms with E-state index < -0.39 is 11.8 Å². The minimum atomic E-state index is -1.05. The predicted octanol–water partition coefficient (Wildman–Crippen LogP) is 3.99. The fourth-order valence-corrected chi connectivity index (χ4v) is 2.25. The van der Waals surface area contributed by atoms with E-state index in [4.69, 9.17) is 0 Å². The van der Waals surface area contributed by atoms with Crippen molar-refractivity contribution in [3.05, 3.63) is 40.3 Å². The van der Waals surface area contributed by atoms with Crippen LogP contribution in [0.3, 0.4) is 0 Å². The van der Waals surface area contributed by atoms with Crippen LogP contribution in [-0.4, -0.2) is 16.1 Å². The van der Waals surface area contributed by atoms with Gasteiger partial charge >= 0.3 is 5.97 Å². The lowest BCUT2D eigenvalue weighted by atomic mass is 9.85. The van der Waals surface area contributed by atoms with E-state index in [9.17, 15) is 14.3 Å². The number of carbonyl (C=O) groups is 1. The van der Waals surface area contributed by atoms with E-state index in [2.05, 4.69) is 4.98 Å². The second kappa shape index (κ2) is 4.54. The number of rotatable bonds is 1. The van der Waals surface area contributed by atoms with Gasteiger partial charge < -0.3 is 5.11 Å². The van der Waals surface area contributed by atoms with Crippen LogP contribution >= 0.6 is 0 Å². The molecule has 0 saturated heterocycles. The van der Waals surface area contributed by atoms with Gasteiger partial charge in [0.1, 0.15) is 11.3 Å². The monoisotopic (exact) mass is 275 g/mol. The van der Waals surface area contributed by atoms with Gasteiger partial charge in [-0.15, -0.1) is 0 Å². The van der Waals surface area contributed by atoms with Crippen LogP contribution < -0.4 is 0 Å². The Morgan fingerprint density at radius 2 is 1.85 bits per heavy atom. The number of nitrogens with zero attached hydrogens (tertiary/aromatic N) is 1. The number of halogens is 1. The number of aromatic nitrogens is 1. The topological polar surface area (TPSA) is 50.2 Å². The molecule has 0 amide bonds. The summed E-state index contributed by atoms with van der Waals surface area (Å²) in [5.41, 5.74) is 1.88. The van der Waals surface area contributed by atoms with E-state index in [1.807, 2.05) is 20.8 Å². The minimum Gasteiger partial charge on any atom is -0.478 e. The normalized spacial score (nSPS) is 11.9. The van der Waals surface area contributed by atoms with Gasteiger partial charge in [-0.05, 0) is 42.5 Å². The molecular weight excluding hydrogens is 257 g/mol. The zero-order chi connectivity index (χ0) is 15.2. The summed E-state index contributed by atoms with van der Waals surface area (Å²) in [5, 5.41) is 9.79. The summed E-state index contributed by atoms with van der Waals surface area (Å²) in [4.78, 5) is 15.7. The number of fused-ring (bicyclic) bond motifs is 1. The van der Waals surface area contributed by atoms with Crippen molar-refractivity contribution in [2.24, 2.45) is 0 Å². The Balaban J connectivity index is 2.97. The van der Waals surface area contributed by atoms with Crippen LogP contribution in [0.2, 0.25) is 0 Å². The Kier molecular flexibility index (Phi) is 3.28. The number of carboxylic acid groups (broad SMARTS) is 1. The van der Waals surface area contributed by atoms with Crippen molar-refractivity contribution in [1.29, 1.82) is 0 Å². The first-order chi connectivity index (χ1) is 9.12. The van der Waals surface area contributed by atoms with E-state index in [-0.39, 0.29) is 16.5 Å². The number of aryl methyl sites for hydroxylation is 1. The molecular formula is C16H18FNO2. The number of aromatic carboxylic acids is 1. The molecule has 0 spiro atoms. The first-order valence-corrected chi connectivity index (χ1v) is 6.47. The molecule has 0 aliphatic heterocycles. The Labute approximate surface area is 117 Å². The molecule has 106 valence electrons. The Morgan fingerprint density at radius 3 is 2.35 bits per heavy atom. The van der Waals surface area contributed by atoms with Crippen molar-refractivity contribution in [2.75, 3.05) is 0 Å². The number of hydrogen-bond acceptors (Lipinski definition) is 2. The average Bonchev–Trinajstić information content (AvgIpc) is 2.29. The van der Waals surface area contributed by atoms with Crippen molar-refractivity contribution in [2.45, 2.75) is 40.0 Å². The van der Waals surface area contributed by atoms with E-state index >= 15 is 0 Å². The molecule has 1 aromatic carbocycles. The molecule has 0 fully saturated rings. The standard InChI is InChI=1S/C16H18FNO2/c1-8-9(2)18-14-11(13(8)15(19)20)6-10(7-12(14)17)16(3,4)5/h6-7H,1-5H3,(H,19,20). The van der Waals surface area contributed by atoms with Crippen molar-refractivity contribution >= 4 is 16.9 Å². The van der Waals surface area contributed by atoms with Crippen LogP contribution in [0.1, 0.15) is 48.0 Å². The smallest absolute Gasteiger partial charge is 0.336 e. The molecule has 0 unspecified atom stereocenters. The van der Waals surface area contributed by atoms with Crippen LogP contribution in [0.4, 0.5) is 4.39 Å². The third kappa shape index (κ3) is 2.26. The molecule has 0 atom stereocenters. The molecule has 0 bridgehead atoms. The maximum absolute atomic E-state index is 14.3. The third-order valence-electron chi connectivity index (χ3n) is 3.61. The summed E-state index contributed by atoms with van der Waals surface area (Å²) in [6.07, 6.45) is 0. The van der Waals surface area contributed by atoms with Gasteiger partial charge in [-0.1, -0.05) is 20.8 Å². The average molecular weight is 275 g/mol. The highest BCUT2D eigenvalue weighted by molar-refractivity contribution is 6.04. The van der Waals surface area contributed by atoms with E-state index in [0.29, 0.717) is 16.6 Å². The van der Waals surface area contributed by atoms with Crippen LogP contribution in [-0.2, 0) is 5.41 Å². The van der Waals surface area contributed by atoms with Crippen molar-refractivity contribution < 1.29 is 14.3 Å². The molecule has 2 rings (SSSR count). The van der Waals surface area contributed by atoms with E-state index in [0.717, 1.165) is 5.56 Å². The Bertz CT molecular complexity index is 715. The van der Waals surface area contributed by atoms with Crippen LogP contribution in [0.15, 0.2) is 12.1 Å². The van der Waals surface area contributed by atoms with Gasteiger partial charge in [0.15, 0.2) is 0 Å². The SMILES string of the molecule is Cc1nc2c(F)cc(C(C)(C)C)cc2c(C(=O)O)c1C. The number of pyridine rings is 1. The first-order valence-electron chi connectivity index (χ1n) is 6.47. The fourth-order valence-electron chi connectivity index (χ4n) is 2.25. The predicted molar refractivity (Wildman–Crippen MR) is 76.8 cm³/mol. The van der Waals surface area contributed by atoms with Crippen LogP contribution in [0, 0.1) is 19.7 Å². The van der Waals surface area contributed by atoms with Gasteiger partial charge in [0.2, 0.25) is 0 Å². The highest BCUT2D eigenvalue weighted by atomic mass is 19.1. The Morgan fingerprint density at radius 1 is 1.25 bits per heavy atom. The van der Waals surface area contributed by atoms with Crippen LogP contribution in [0.5, 0.6) is 0 Å². The number of carboxylic acids is 1. The summed E-state index contributed by atoms with van der Waals surface area (Å²) in [5.74, 6) is -1.53. The maximum atomic E-state index is 14.3. The van der Waals surface area contributed by atoms with Crippen molar-refractivity contribution in [1.82, 2.24) is 4.98 Å². The highest BCUT2D eigenvalue weighted by Gasteiger charge is 2.22. The second-order valence-electron chi connectivity index (χ2n) is 6.11. The molecule has 1 N–H and O–H groups in total. The number of benzene rings is 1. The molecule has 0 saturated carbocycles. The summed E-state index contributed by atoms with van der Waals surface area (Å²) in [6.45, 7) is 9.28. The lowest BCUT2D eigenvalue weighted by Gasteiger charge is -2.20. The Hall–Kier alpha value is -1.97. The summed E-state index contributed by atoms with van der Waals surface area (Å²) < 4.78 is 14.3. The van der Waals surface area contributed by atoms with Gasteiger partial charge in [0, 0.05) is 11.1 Å². The molecule has 2 aromatic rings. The second-order valence-corrected chi connectivity index (χ2v) is 6.11. The fraction of sp³-hybridized carbons (Fsp3) is 0.375. The first kappa shape index (κ1) is 14.4. The molecule has 0 aliphatic carbocycles. The zero-order valence-corrected chi connectivity index (χ0v) is 12.3. The molecule has 0 aliphatic rings. The largest absolute Gasteiger partial charge is 0.478 e. The lowest BCUT2D eigenvalue weighted by Crippen LogP contribution is -2.13. The lowest BCUT2D eigenvalue weighted by molar-refractivity contribution is 0.0698. The maximum Gasteiger partial charge on any atom is 0.336 e. The summed E-state index contributed by atoms with van der Waals surface area (Å²) >= 11 is 0. The molecule has 3 nitrogen and oxygen atoms in total. The summed E-state index contributed by atoms with van der Waals surface area (Å²) in [6, 6.07) is 3.18. The van der Waals surface area contributed by atoms with Gasteiger partial charge in [0.05, 0.1) is 5.56 Å². The third-order valence-corrected chi connectivity index (χ3v) is 3.61. The van der Waals surface area contributed by atoms with Crippen molar-refractivity contribution in [3.8, 4) is 0 Å². The van der Waals surface area contributed by atoms with Crippen LogP contribution in [0.25, 0.3) is 10.9 Å². The summed E-state index contributed by atoms with van der Waals surface area (Å²) in [7, 11) is 0. The van der Waals surface area contributed by atoms with Gasteiger partial charge in [-0.25, -0.2) is 14.2 Å². The van der Waals surface area contributed by atoms with Crippen molar-refractivity contribution in [3.63, 3.8) is 0 Å². The minimum absolute atomic E-state index is 0.124. The quantitative estimate of drug-likeness (QED) is 0.856. The van der Waals surface area contributed by atoms with Gasteiger partial charge in [-0.3, -0.25) is 0 Å². The molecule has 0 radical (unpaired) electrons. The molecule has 20 heavy (non-hydrogen) atoms. The molecule has 1 heterocycles. The highest BCUT2D eigenvalue weighted by Crippen LogP contribution is 2.31. The van der Waals surface area contributed by atoms with Gasteiger partial charge in [0.25, 0.3) is 0 Å². The number of hydrogen-bond donors (Lipinski definition) is 1. The molecule has 1 aromatic heterocycles. The zero-order valence-electron chi connectivity index (χ0n) is 12.3. The van der Waals surface area contributed by atoms with E-state index in [1.165, 1.54) is 6.07 Å².